The highest BCUT2D eigenvalue weighted by molar-refractivity contribution is 5.68. The SMILES string of the molecule is CC(C)(C)OC(=O)N1CCN(Cc2nnnn2-c2ccc(C#N)c(C(F)(F)F)c2)CC1. The van der Waals surface area contributed by atoms with Crippen molar-refractivity contribution in [1.82, 2.24) is 30.0 Å². The molecule has 0 unspecified atom stereocenters. The molecule has 1 amide bonds. The zero-order valence-corrected chi connectivity index (χ0v) is 17.3. The summed E-state index contributed by atoms with van der Waals surface area (Å²) in [5.41, 5.74) is -1.98. The summed E-state index contributed by atoms with van der Waals surface area (Å²) >= 11 is 0. The Bertz CT molecular complexity index is 984. The molecule has 166 valence electrons. The summed E-state index contributed by atoms with van der Waals surface area (Å²) in [6.07, 6.45) is -5.05. The molecule has 12 heteroatoms. The zero-order valence-electron chi connectivity index (χ0n) is 17.3. The predicted molar refractivity (Wildman–Crippen MR) is 102 cm³/mol. The average Bonchev–Trinajstić information content (AvgIpc) is 3.14. The molecule has 0 spiro atoms. The van der Waals surface area contributed by atoms with Crippen molar-refractivity contribution < 1.29 is 22.7 Å². The molecule has 2 heterocycles. The van der Waals surface area contributed by atoms with E-state index in [0.717, 1.165) is 12.1 Å². The fourth-order valence-corrected chi connectivity index (χ4v) is 3.12. The highest BCUT2D eigenvalue weighted by atomic mass is 19.4. The largest absolute Gasteiger partial charge is 0.444 e. The molecular formula is C19H22F3N7O2. The molecule has 1 aliphatic heterocycles. The van der Waals surface area contributed by atoms with Crippen LogP contribution in [0.2, 0.25) is 0 Å². The van der Waals surface area contributed by atoms with Crippen LogP contribution in [-0.2, 0) is 17.5 Å². The maximum Gasteiger partial charge on any atom is 0.417 e. The minimum absolute atomic E-state index is 0.110. The number of nitrogens with zero attached hydrogens (tertiary/aromatic N) is 7. The normalized spacial score (nSPS) is 15.6. The molecule has 0 saturated carbocycles. The van der Waals surface area contributed by atoms with Crippen LogP contribution in [0.3, 0.4) is 0 Å². The predicted octanol–water partition coefficient (Wildman–Crippen LogP) is 2.61. The second kappa shape index (κ2) is 8.50. The van der Waals surface area contributed by atoms with E-state index < -0.39 is 22.9 Å². The smallest absolute Gasteiger partial charge is 0.417 e. The molecule has 1 saturated heterocycles. The maximum atomic E-state index is 13.3. The molecule has 9 nitrogen and oxygen atoms in total. The molecule has 3 rings (SSSR count). The van der Waals surface area contributed by atoms with Crippen LogP contribution in [0.25, 0.3) is 5.69 Å². The van der Waals surface area contributed by atoms with Crippen LogP contribution in [-0.4, -0.2) is 67.9 Å². The van der Waals surface area contributed by atoms with Crippen molar-refractivity contribution in [2.75, 3.05) is 26.2 Å². The first-order valence-corrected chi connectivity index (χ1v) is 9.57. The Morgan fingerprint density at radius 1 is 1.19 bits per heavy atom. The zero-order chi connectivity index (χ0) is 22.8. The Morgan fingerprint density at radius 2 is 1.87 bits per heavy atom. The summed E-state index contributed by atoms with van der Waals surface area (Å²) in [5, 5.41) is 20.3. The molecule has 31 heavy (non-hydrogen) atoms. The van der Waals surface area contributed by atoms with Crippen molar-refractivity contribution in [2.24, 2.45) is 0 Å². The number of halogens is 3. The van der Waals surface area contributed by atoms with Gasteiger partial charge in [0, 0.05) is 26.2 Å². The average molecular weight is 437 g/mol. The van der Waals surface area contributed by atoms with Gasteiger partial charge in [-0.25, -0.2) is 4.79 Å². The number of alkyl halides is 3. The van der Waals surface area contributed by atoms with E-state index in [1.54, 1.807) is 31.7 Å². The number of nitriles is 1. The second-order valence-corrected chi connectivity index (χ2v) is 8.09. The third-order valence-corrected chi connectivity index (χ3v) is 4.60. The van der Waals surface area contributed by atoms with Crippen molar-refractivity contribution in [3.05, 3.63) is 35.2 Å². The van der Waals surface area contributed by atoms with E-state index in [-0.39, 0.29) is 18.3 Å². The van der Waals surface area contributed by atoms with Gasteiger partial charge in [0.25, 0.3) is 0 Å². The highest BCUT2D eigenvalue weighted by Crippen LogP contribution is 2.33. The van der Waals surface area contributed by atoms with Crippen molar-refractivity contribution >= 4 is 6.09 Å². The number of rotatable bonds is 3. The van der Waals surface area contributed by atoms with Crippen LogP contribution in [0.15, 0.2) is 18.2 Å². The lowest BCUT2D eigenvalue weighted by atomic mass is 10.1. The van der Waals surface area contributed by atoms with Gasteiger partial charge < -0.3 is 9.64 Å². The topological polar surface area (TPSA) is 100 Å². The Hall–Kier alpha value is -3.20. The number of carbonyl (C=O) groups excluding carboxylic acids is 1. The van der Waals surface area contributed by atoms with Gasteiger partial charge >= 0.3 is 12.3 Å². The van der Waals surface area contributed by atoms with Crippen LogP contribution < -0.4 is 0 Å². The Balaban J connectivity index is 1.70. The first kappa shape index (κ1) is 22.5. The van der Waals surface area contributed by atoms with Gasteiger partial charge in [-0.1, -0.05) is 0 Å². The van der Waals surface area contributed by atoms with E-state index in [1.807, 2.05) is 4.90 Å². The summed E-state index contributed by atoms with van der Waals surface area (Å²) in [5.74, 6) is 0.351. The summed E-state index contributed by atoms with van der Waals surface area (Å²) in [7, 11) is 0. The van der Waals surface area contributed by atoms with Gasteiger partial charge in [0.05, 0.1) is 29.4 Å². The number of hydrogen-bond acceptors (Lipinski definition) is 7. The lowest BCUT2D eigenvalue weighted by Gasteiger charge is -2.35. The van der Waals surface area contributed by atoms with Gasteiger partial charge in [-0.15, -0.1) is 5.10 Å². The minimum atomic E-state index is -4.67. The first-order valence-electron chi connectivity index (χ1n) is 9.57. The molecule has 0 aliphatic carbocycles. The number of carbonyl (C=O) groups is 1. The number of amides is 1. The van der Waals surface area contributed by atoms with Gasteiger partial charge in [-0.05, 0) is 49.4 Å². The number of piperazine rings is 1. The first-order chi connectivity index (χ1) is 14.5. The molecule has 0 bridgehead atoms. The molecule has 0 atom stereocenters. The highest BCUT2D eigenvalue weighted by Gasteiger charge is 2.34. The summed E-state index contributed by atoms with van der Waals surface area (Å²) < 4.78 is 46.4. The van der Waals surface area contributed by atoms with Gasteiger partial charge in [0.15, 0.2) is 5.82 Å². The van der Waals surface area contributed by atoms with Gasteiger partial charge in [0.1, 0.15) is 5.60 Å². The fraction of sp³-hybridized carbons (Fsp3) is 0.526. The quantitative estimate of drug-likeness (QED) is 0.728. The van der Waals surface area contributed by atoms with Crippen molar-refractivity contribution in [2.45, 2.75) is 39.1 Å². The van der Waals surface area contributed by atoms with E-state index in [0.29, 0.717) is 32.0 Å². The number of aromatic nitrogens is 4. The third kappa shape index (κ3) is 5.49. The number of ether oxygens (including phenoxy) is 1. The van der Waals surface area contributed by atoms with Crippen molar-refractivity contribution in [3.63, 3.8) is 0 Å². The van der Waals surface area contributed by atoms with Gasteiger partial charge in [-0.3, -0.25) is 4.90 Å². The molecule has 1 aromatic carbocycles. The lowest BCUT2D eigenvalue weighted by Crippen LogP contribution is -2.49. The number of benzene rings is 1. The number of hydrogen-bond donors (Lipinski definition) is 0. The second-order valence-electron chi connectivity index (χ2n) is 8.09. The van der Waals surface area contributed by atoms with Gasteiger partial charge in [0.2, 0.25) is 0 Å². The summed E-state index contributed by atoms with van der Waals surface area (Å²) in [4.78, 5) is 15.8. The van der Waals surface area contributed by atoms with Crippen LogP contribution in [0.5, 0.6) is 0 Å². The van der Waals surface area contributed by atoms with Crippen LogP contribution in [0.1, 0.15) is 37.7 Å². The van der Waals surface area contributed by atoms with Crippen molar-refractivity contribution in [3.8, 4) is 11.8 Å². The van der Waals surface area contributed by atoms with E-state index >= 15 is 0 Å². The van der Waals surface area contributed by atoms with Gasteiger partial charge in [-0.2, -0.15) is 23.1 Å². The maximum absolute atomic E-state index is 13.3. The fourth-order valence-electron chi connectivity index (χ4n) is 3.12. The van der Waals surface area contributed by atoms with E-state index in [1.165, 1.54) is 10.7 Å². The molecule has 0 radical (unpaired) electrons. The van der Waals surface area contributed by atoms with E-state index in [2.05, 4.69) is 15.5 Å². The van der Waals surface area contributed by atoms with E-state index in [9.17, 15) is 18.0 Å². The standard InChI is InChI=1S/C19H22F3N7O2/c1-18(2,3)31-17(30)28-8-6-27(7-9-28)12-16-24-25-26-29(16)14-5-4-13(11-23)15(10-14)19(20,21)22/h4-5,10H,6-9,12H2,1-3H3. The molecule has 1 fully saturated rings. The minimum Gasteiger partial charge on any atom is -0.444 e. The van der Waals surface area contributed by atoms with Crippen LogP contribution >= 0.6 is 0 Å². The van der Waals surface area contributed by atoms with Crippen LogP contribution in [0, 0.1) is 11.3 Å². The number of tetrazole rings is 1. The Labute approximate surface area is 177 Å². The third-order valence-electron chi connectivity index (χ3n) is 4.60. The molecule has 1 aliphatic rings. The molecule has 0 N–H and O–H groups in total. The molecule has 1 aromatic heterocycles. The van der Waals surface area contributed by atoms with Crippen molar-refractivity contribution in [1.29, 1.82) is 5.26 Å². The van der Waals surface area contributed by atoms with E-state index in [4.69, 9.17) is 10.00 Å². The summed E-state index contributed by atoms with van der Waals surface area (Å²) in [6.45, 7) is 7.66. The Kier molecular flexibility index (Phi) is 6.17. The van der Waals surface area contributed by atoms with Crippen LogP contribution in [0.4, 0.5) is 18.0 Å². The Morgan fingerprint density at radius 3 is 2.45 bits per heavy atom. The molecular weight excluding hydrogens is 415 g/mol. The summed E-state index contributed by atoms with van der Waals surface area (Å²) in [6, 6.07) is 4.88. The lowest BCUT2D eigenvalue weighted by molar-refractivity contribution is -0.137. The monoisotopic (exact) mass is 437 g/mol. The molecule has 2 aromatic rings.